The Morgan fingerprint density at radius 2 is 2.06 bits per heavy atom. The summed E-state index contributed by atoms with van der Waals surface area (Å²) in [5.41, 5.74) is 2.49. The van der Waals surface area contributed by atoms with Crippen molar-refractivity contribution in [3.63, 3.8) is 0 Å². The maximum absolute atomic E-state index is 12.8. The van der Waals surface area contributed by atoms with Gasteiger partial charge in [-0.2, -0.15) is 5.26 Å². The largest absolute Gasteiger partial charge is 0.508 e. The van der Waals surface area contributed by atoms with Gasteiger partial charge in [0.2, 0.25) is 5.91 Å². The van der Waals surface area contributed by atoms with E-state index in [9.17, 15) is 15.2 Å². The van der Waals surface area contributed by atoms with Gasteiger partial charge in [-0.05, 0) is 67.6 Å². The average molecular weight is 492 g/mol. The number of fused-ring (bicyclic) bond motifs is 1. The second-order valence-corrected chi connectivity index (χ2v) is 9.93. The number of phenolic OH excluding ortho intramolecular Hbond substituents is 1. The Morgan fingerprint density at radius 3 is 2.82 bits per heavy atom. The number of carbonyl (C=O) groups is 1. The van der Waals surface area contributed by atoms with Crippen LogP contribution in [0.5, 0.6) is 5.75 Å². The van der Waals surface area contributed by atoms with Crippen LogP contribution in [0.25, 0.3) is 11.4 Å². The summed E-state index contributed by atoms with van der Waals surface area (Å²) in [4.78, 5) is 14.0. The number of nitrogens with zero attached hydrogens (tertiary/aromatic N) is 4. The predicted octanol–water partition coefficient (Wildman–Crippen LogP) is 4.83. The molecule has 34 heavy (non-hydrogen) atoms. The summed E-state index contributed by atoms with van der Waals surface area (Å²) < 4.78 is 7.39. The van der Waals surface area contributed by atoms with Crippen molar-refractivity contribution in [1.82, 2.24) is 14.8 Å². The normalized spacial score (nSPS) is 12.8. The molecule has 172 valence electrons. The standard InChI is InChI=1S/C24H21N5O3S2/c25-12-19-18-5-1-2-6-20(18)34-23(19)26-21(31)14-33-24-28-27-22(15-7-9-16(30)10-8-15)29(24)13-17-4-3-11-32-17/h3-4,7-11,30H,1-2,5-6,13-14H2,(H,26,31). The van der Waals surface area contributed by atoms with E-state index in [1.807, 2.05) is 16.7 Å². The van der Waals surface area contributed by atoms with E-state index in [1.54, 1.807) is 30.5 Å². The van der Waals surface area contributed by atoms with Crippen molar-refractivity contribution in [2.45, 2.75) is 37.4 Å². The highest BCUT2D eigenvalue weighted by Crippen LogP contribution is 2.37. The highest BCUT2D eigenvalue weighted by molar-refractivity contribution is 7.99. The fraction of sp³-hybridized carbons (Fsp3) is 0.250. The van der Waals surface area contributed by atoms with Gasteiger partial charge in [0.25, 0.3) is 0 Å². The third-order valence-electron chi connectivity index (χ3n) is 5.60. The molecule has 2 N–H and O–H groups in total. The van der Waals surface area contributed by atoms with Crippen LogP contribution < -0.4 is 5.32 Å². The molecule has 3 heterocycles. The molecule has 8 nitrogen and oxygen atoms in total. The van der Waals surface area contributed by atoms with Crippen LogP contribution in [0.3, 0.4) is 0 Å². The second kappa shape index (κ2) is 9.75. The fourth-order valence-corrected chi connectivity index (χ4v) is 5.98. The zero-order valence-corrected chi connectivity index (χ0v) is 19.8. The molecule has 1 aliphatic rings. The zero-order valence-electron chi connectivity index (χ0n) is 18.2. The van der Waals surface area contributed by atoms with Crippen molar-refractivity contribution in [1.29, 1.82) is 5.26 Å². The van der Waals surface area contributed by atoms with E-state index in [0.29, 0.717) is 28.1 Å². The lowest BCUT2D eigenvalue weighted by molar-refractivity contribution is -0.113. The fourth-order valence-electron chi connectivity index (χ4n) is 3.99. The molecule has 0 saturated carbocycles. The second-order valence-electron chi connectivity index (χ2n) is 7.88. The van der Waals surface area contributed by atoms with Gasteiger partial charge in [-0.25, -0.2) is 0 Å². The molecule has 0 bridgehead atoms. The van der Waals surface area contributed by atoms with Crippen LogP contribution >= 0.6 is 23.1 Å². The maximum Gasteiger partial charge on any atom is 0.235 e. The molecular weight excluding hydrogens is 470 g/mol. The van der Waals surface area contributed by atoms with E-state index < -0.39 is 0 Å². The Hall–Kier alpha value is -3.55. The van der Waals surface area contributed by atoms with Crippen molar-refractivity contribution in [2.24, 2.45) is 0 Å². The molecule has 0 saturated heterocycles. The molecule has 0 spiro atoms. The number of nitriles is 1. The number of nitrogens with one attached hydrogen (secondary N) is 1. The molecule has 0 fully saturated rings. The number of anilines is 1. The number of amides is 1. The third kappa shape index (κ3) is 4.58. The minimum atomic E-state index is -0.196. The molecule has 0 unspecified atom stereocenters. The number of thioether (sulfide) groups is 1. The summed E-state index contributed by atoms with van der Waals surface area (Å²) in [7, 11) is 0. The lowest BCUT2D eigenvalue weighted by Gasteiger charge is -2.09. The Labute approximate surface area is 204 Å². The van der Waals surface area contributed by atoms with Gasteiger partial charge in [-0.1, -0.05) is 11.8 Å². The number of benzene rings is 1. The van der Waals surface area contributed by atoms with Crippen LogP contribution in [0, 0.1) is 11.3 Å². The molecule has 3 aromatic heterocycles. The van der Waals surface area contributed by atoms with E-state index in [1.165, 1.54) is 28.0 Å². The minimum Gasteiger partial charge on any atom is -0.508 e. The van der Waals surface area contributed by atoms with Crippen LogP contribution in [-0.4, -0.2) is 31.5 Å². The van der Waals surface area contributed by atoms with Gasteiger partial charge in [-0.15, -0.1) is 21.5 Å². The topological polar surface area (TPSA) is 117 Å². The summed E-state index contributed by atoms with van der Waals surface area (Å²) in [5.74, 6) is 1.43. The molecule has 1 aliphatic carbocycles. The van der Waals surface area contributed by atoms with E-state index in [4.69, 9.17) is 4.42 Å². The summed E-state index contributed by atoms with van der Waals surface area (Å²) in [6.07, 6.45) is 5.67. The van der Waals surface area contributed by atoms with Gasteiger partial charge in [0.15, 0.2) is 11.0 Å². The quantitative estimate of drug-likeness (QED) is 0.355. The van der Waals surface area contributed by atoms with Crippen LogP contribution in [0.15, 0.2) is 52.2 Å². The number of aromatic hydroxyl groups is 1. The van der Waals surface area contributed by atoms with E-state index in [2.05, 4.69) is 21.6 Å². The van der Waals surface area contributed by atoms with Gasteiger partial charge in [0.1, 0.15) is 22.6 Å². The van der Waals surface area contributed by atoms with Crippen LogP contribution in [-0.2, 0) is 24.2 Å². The molecule has 0 radical (unpaired) electrons. The van der Waals surface area contributed by atoms with E-state index in [-0.39, 0.29) is 17.4 Å². The van der Waals surface area contributed by atoms with Gasteiger partial charge >= 0.3 is 0 Å². The number of aryl methyl sites for hydroxylation is 1. The van der Waals surface area contributed by atoms with Gasteiger partial charge in [0, 0.05) is 10.4 Å². The Morgan fingerprint density at radius 1 is 1.24 bits per heavy atom. The SMILES string of the molecule is N#Cc1c(NC(=O)CSc2nnc(-c3ccc(O)cc3)n2Cc2ccco2)sc2c1CCCC2. The minimum absolute atomic E-state index is 0.124. The summed E-state index contributed by atoms with van der Waals surface area (Å²) in [5, 5.41) is 32.0. The molecule has 4 aromatic rings. The van der Waals surface area contributed by atoms with Crippen molar-refractivity contribution in [3.05, 3.63) is 64.4 Å². The number of aromatic nitrogens is 3. The van der Waals surface area contributed by atoms with Crippen molar-refractivity contribution in [2.75, 3.05) is 11.1 Å². The lowest BCUT2D eigenvalue weighted by Crippen LogP contribution is -2.15. The van der Waals surface area contributed by atoms with Crippen molar-refractivity contribution >= 4 is 34.0 Å². The van der Waals surface area contributed by atoms with Gasteiger partial charge in [0.05, 0.1) is 24.1 Å². The summed E-state index contributed by atoms with van der Waals surface area (Å²) >= 11 is 2.79. The predicted molar refractivity (Wildman–Crippen MR) is 130 cm³/mol. The van der Waals surface area contributed by atoms with E-state index in [0.717, 1.165) is 42.6 Å². The van der Waals surface area contributed by atoms with Crippen LogP contribution in [0.2, 0.25) is 0 Å². The molecule has 0 atom stereocenters. The van der Waals surface area contributed by atoms with Gasteiger partial charge in [-0.3, -0.25) is 9.36 Å². The van der Waals surface area contributed by atoms with E-state index >= 15 is 0 Å². The number of hydrogen-bond acceptors (Lipinski definition) is 8. The zero-order chi connectivity index (χ0) is 23.5. The third-order valence-corrected chi connectivity index (χ3v) is 7.78. The Bertz CT molecular complexity index is 1350. The number of phenols is 1. The number of carbonyl (C=O) groups excluding carboxylic acids is 1. The summed E-state index contributed by atoms with van der Waals surface area (Å²) in [6.45, 7) is 0.399. The first-order chi connectivity index (χ1) is 16.6. The van der Waals surface area contributed by atoms with Crippen molar-refractivity contribution in [3.8, 4) is 23.2 Å². The first-order valence-corrected chi connectivity index (χ1v) is 12.6. The number of rotatable bonds is 7. The first kappa shape index (κ1) is 22.3. The van der Waals surface area contributed by atoms with Crippen LogP contribution in [0.1, 0.15) is 34.6 Å². The maximum atomic E-state index is 12.8. The number of hydrogen-bond donors (Lipinski definition) is 2. The molecule has 1 aromatic carbocycles. The molecule has 10 heteroatoms. The monoisotopic (exact) mass is 491 g/mol. The van der Waals surface area contributed by atoms with Crippen molar-refractivity contribution < 1.29 is 14.3 Å². The Balaban J connectivity index is 1.34. The Kier molecular flexibility index (Phi) is 6.38. The number of furan rings is 1. The smallest absolute Gasteiger partial charge is 0.235 e. The molecule has 0 aliphatic heterocycles. The molecule has 1 amide bonds. The van der Waals surface area contributed by atoms with Gasteiger partial charge < -0.3 is 14.8 Å². The lowest BCUT2D eigenvalue weighted by atomic mass is 9.96. The summed E-state index contributed by atoms with van der Waals surface area (Å²) in [6, 6.07) is 12.7. The highest BCUT2D eigenvalue weighted by Gasteiger charge is 2.22. The average Bonchev–Trinajstić information content (AvgIpc) is 3.57. The first-order valence-electron chi connectivity index (χ1n) is 10.8. The number of thiophene rings is 1. The highest BCUT2D eigenvalue weighted by atomic mass is 32.2. The molecular formula is C24H21N5O3S2. The molecule has 5 rings (SSSR count). The van der Waals surface area contributed by atoms with Crippen LogP contribution in [0.4, 0.5) is 5.00 Å².